The zero-order valence-corrected chi connectivity index (χ0v) is 14.9. The zero-order valence-electron chi connectivity index (χ0n) is 14.1. The third-order valence-electron chi connectivity index (χ3n) is 3.76. The van der Waals surface area contributed by atoms with Gasteiger partial charge in [-0.05, 0) is 30.3 Å². The van der Waals surface area contributed by atoms with Crippen molar-refractivity contribution in [3.8, 4) is 5.75 Å². The van der Waals surface area contributed by atoms with Gasteiger partial charge in [-0.25, -0.2) is 13.4 Å². The number of pyridine rings is 1. The van der Waals surface area contributed by atoms with E-state index in [4.69, 9.17) is 10.5 Å². The molecule has 1 fully saturated rings. The highest BCUT2D eigenvalue weighted by Gasteiger charge is 2.31. The van der Waals surface area contributed by atoms with Gasteiger partial charge in [0.2, 0.25) is 9.84 Å². The molecule has 3 N–H and O–H groups in total. The summed E-state index contributed by atoms with van der Waals surface area (Å²) in [5.74, 6) is -1.13. The van der Waals surface area contributed by atoms with Crippen molar-refractivity contribution in [1.29, 1.82) is 0 Å². The predicted octanol–water partition coefficient (Wildman–Crippen LogP) is 1.52. The van der Waals surface area contributed by atoms with Gasteiger partial charge >= 0.3 is 6.36 Å². The molecular weight excluding hydrogens is 403 g/mol. The Morgan fingerprint density at radius 3 is 2.36 bits per heavy atom. The maximum absolute atomic E-state index is 12.6. The molecule has 2 aromatic rings. The monoisotopic (exact) mass is 417 g/mol. The van der Waals surface area contributed by atoms with E-state index in [-0.39, 0.29) is 27.2 Å². The van der Waals surface area contributed by atoms with Gasteiger partial charge in [-0.2, -0.15) is 0 Å². The summed E-state index contributed by atoms with van der Waals surface area (Å²) in [5, 5.41) is 2.63. The smallest absolute Gasteiger partial charge is 0.406 e. The fourth-order valence-electron chi connectivity index (χ4n) is 2.33. The molecule has 1 aliphatic rings. The fourth-order valence-corrected chi connectivity index (χ4v) is 3.57. The maximum atomic E-state index is 12.6. The molecule has 1 amide bonds. The van der Waals surface area contributed by atoms with Crippen LogP contribution in [0.1, 0.15) is 10.5 Å². The minimum absolute atomic E-state index is 0.139. The molecule has 0 spiro atoms. The van der Waals surface area contributed by atoms with Crippen molar-refractivity contribution in [1.82, 2.24) is 10.3 Å². The molecule has 1 saturated heterocycles. The summed E-state index contributed by atoms with van der Waals surface area (Å²) >= 11 is 0. The molecule has 0 saturated carbocycles. The molecule has 1 aliphatic heterocycles. The second kappa shape index (κ2) is 7.28. The molecule has 150 valence electrons. The van der Waals surface area contributed by atoms with Crippen LogP contribution in [0.2, 0.25) is 0 Å². The first-order valence-electron chi connectivity index (χ1n) is 7.81. The Morgan fingerprint density at radius 1 is 1.21 bits per heavy atom. The number of alkyl halides is 3. The van der Waals surface area contributed by atoms with Crippen molar-refractivity contribution in [2.45, 2.75) is 22.2 Å². The zero-order chi connectivity index (χ0) is 20.5. The number of amides is 1. The number of benzene rings is 1. The lowest BCUT2D eigenvalue weighted by atomic mass is 10.2. The van der Waals surface area contributed by atoms with E-state index in [0.717, 1.165) is 36.5 Å². The van der Waals surface area contributed by atoms with Crippen LogP contribution in [0.5, 0.6) is 5.75 Å². The molecule has 1 aromatic heterocycles. The minimum Gasteiger partial charge on any atom is -0.406 e. The summed E-state index contributed by atoms with van der Waals surface area (Å²) in [4.78, 5) is 15.3. The van der Waals surface area contributed by atoms with E-state index in [1.807, 2.05) is 0 Å². The second-order valence-electron chi connectivity index (χ2n) is 5.84. The number of nitrogens with one attached hydrogen (secondary N) is 1. The van der Waals surface area contributed by atoms with Crippen molar-refractivity contribution < 1.29 is 35.9 Å². The number of hydrogen-bond acceptors (Lipinski definition) is 7. The third-order valence-corrected chi connectivity index (χ3v) is 5.49. The van der Waals surface area contributed by atoms with Crippen LogP contribution in [0.15, 0.2) is 46.3 Å². The number of nitrogens with two attached hydrogens (primary N) is 1. The first-order valence-corrected chi connectivity index (χ1v) is 9.29. The van der Waals surface area contributed by atoms with Gasteiger partial charge in [0.15, 0.2) is 5.69 Å². The number of hydrogen-bond donors (Lipinski definition) is 2. The largest absolute Gasteiger partial charge is 0.573 e. The third kappa shape index (κ3) is 4.34. The molecule has 8 nitrogen and oxygen atoms in total. The van der Waals surface area contributed by atoms with E-state index in [1.54, 1.807) is 0 Å². The van der Waals surface area contributed by atoms with Gasteiger partial charge in [-0.15, -0.1) is 13.2 Å². The number of rotatable bonds is 5. The number of aromatic nitrogens is 1. The molecule has 0 radical (unpaired) electrons. The lowest BCUT2D eigenvalue weighted by molar-refractivity contribution is -0.274. The first-order chi connectivity index (χ1) is 13.1. The van der Waals surface area contributed by atoms with E-state index in [1.165, 1.54) is 0 Å². The standard InChI is InChI=1S/C16H14F3N3O5S/c17-16(18,19)27-10-1-3-11(4-2-10)28(24,25)12-5-13(20)14(21-6-12)15(23)22-9-7-26-8-9/h1-6,9H,7-8,20H2,(H,22,23). The van der Waals surface area contributed by atoms with Gasteiger partial charge in [0.05, 0.1) is 34.7 Å². The number of carbonyl (C=O) groups is 1. The highest BCUT2D eigenvalue weighted by Crippen LogP contribution is 2.27. The number of ether oxygens (including phenoxy) is 2. The molecule has 0 atom stereocenters. The molecular formula is C16H14F3N3O5S. The van der Waals surface area contributed by atoms with Crippen LogP contribution in [0.25, 0.3) is 0 Å². The lowest BCUT2D eigenvalue weighted by Crippen LogP contribution is -2.48. The van der Waals surface area contributed by atoms with Crippen molar-refractivity contribution in [3.63, 3.8) is 0 Å². The Bertz CT molecular complexity index is 990. The van der Waals surface area contributed by atoms with Crippen molar-refractivity contribution in [3.05, 3.63) is 42.2 Å². The van der Waals surface area contributed by atoms with Gasteiger partial charge in [0, 0.05) is 6.20 Å². The maximum Gasteiger partial charge on any atom is 0.573 e. The Kier molecular flexibility index (Phi) is 5.17. The summed E-state index contributed by atoms with van der Waals surface area (Å²) in [7, 11) is -4.11. The Labute approximate surface area is 157 Å². The van der Waals surface area contributed by atoms with Gasteiger partial charge in [0.25, 0.3) is 5.91 Å². The number of anilines is 1. The Hall–Kier alpha value is -2.86. The number of halogens is 3. The van der Waals surface area contributed by atoms with Gasteiger partial charge in [-0.1, -0.05) is 0 Å². The first kappa shape index (κ1) is 19.9. The van der Waals surface area contributed by atoms with Crippen LogP contribution >= 0.6 is 0 Å². The van der Waals surface area contributed by atoms with E-state index in [9.17, 15) is 26.4 Å². The van der Waals surface area contributed by atoms with Crippen LogP contribution in [0, 0.1) is 0 Å². The van der Waals surface area contributed by atoms with Gasteiger partial charge in [0.1, 0.15) is 5.75 Å². The normalized spacial score (nSPS) is 15.0. The molecule has 0 bridgehead atoms. The van der Waals surface area contributed by atoms with Crippen LogP contribution in [0.4, 0.5) is 18.9 Å². The topological polar surface area (TPSA) is 121 Å². The highest BCUT2D eigenvalue weighted by atomic mass is 32.2. The van der Waals surface area contributed by atoms with E-state index < -0.39 is 27.9 Å². The average molecular weight is 417 g/mol. The van der Waals surface area contributed by atoms with E-state index >= 15 is 0 Å². The summed E-state index contributed by atoms with van der Waals surface area (Å²) in [5.41, 5.74) is 5.47. The SMILES string of the molecule is Nc1cc(S(=O)(=O)c2ccc(OC(F)(F)F)cc2)cnc1C(=O)NC1COC1. The van der Waals surface area contributed by atoms with Crippen LogP contribution in [0.3, 0.4) is 0 Å². The van der Waals surface area contributed by atoms with E-state index in [0.29, 0.717) is 13.2 Å². The summed E-state index contributed by atoms with van der Waals surface area (Å²) in [6, 6.07) is 4.58. The summed E-state index contributed by atoms with van der Waals surface area (Å²) < 4.78 is 70.5. The van der Waals surface area contributed by atoms with Crippen molar-refractivity contribution in [2.24, 2.45) is 0 Å². The van der Waals surface area contributed by atoms with Gasteiger partial charge in [-0.3, -0.25) is 4.79 Å². The number of carbonyl (C=O) groups excluding carboxylic acids is 1. The second-order valence-corrected chi connectivity index (χ2v) is 7.79. The van der Waals surface area contributed by atoms with Crippen molar-refractivity contribution >= 4 is 21.4 Å². The average Bonchev–Trinajstić information content (AvgIpc) is 2.57. The molecule has 3 rings (SSSR count). The molecule has 1 aromatic carbocycles. The van der Waals surface area contributed by atoms with Crippen LogP contribution in [-0.4, -0.2) is 44.9 Å². The summed E-state index contributed by atoms with van der Waals surface area (Å²) in [6.07, 6.45) is -3.93. The molecule has 0 unspecified atom stereocenters. The van der Waals surface area contributed by atoms with Crippen molar-refractivity contribution in [2.75, 3.05) is 18.9 Å². The molecule has 0 aliphatic carbocycles. The molecule has 12 heteroatoms. The number of sulfone groups is 1. The quantitative estimate of drug-likeness (QED) is 0.757. The fraction of sp³-hybridized carbons (Fsp3) is 0.250. The number of nitrogen functional groups attached to an aromatic ring is 1. The van der Waals surface area contributed by atoms with Gasteiger partial charge < -0.3 is 20.5 Å². The van der Waals surface area contributed by atoms with E-state index in [2.05, 4.69) is 15.0 Å². The number of nitrogens with zero attached hydrogens (tertiary/aromatic N) is 1. The predicted molar refractivity (Wildman–Crippen MR) is 89.3 cm³/mol. The van der Waals surface area contributed by atoms with Crippen LogP contribution < -0.4 is 15.8 Å². The minimum atomic E-state index is -4.89. The highest BCUT2D eigenvalue weighted by molar-refractivity contribution is 7.91. The summed E-state index contributed by atoms with van der Waals surface area (Å²) in [6.45, 7) is 0.734. The molecule has 28 heavy (non-hydrogen) atoms. The van der Waals surface area contributed by atoms with Crippen LogP contribution in [-0.2, 0) is 14.6 Å². The lowest BCUT2D eigenvalue weighted by Gasteiger charge is -2.26. The Morgan fingerprint density at radius 2 is 1.86 bits per heavy atom. The molecule has 2 heterocycles. The Balaban J connectivity index is 1.81.